The number of rotatable bonds is 6. The summed E-state index contributed by atoms with van der Waals surface area (Å²) in [6.07, 6.45) is -0.297. The summed E-state index contributed by atoms with van der Waals surface area (Å²) in [5.41, 5.74) is 0.758. The molecular formula is C19H21N3O6S3. The molecule has 0 aromatic heterocycles. The Labute approximate surface area is 184 Å². The molecule has 2 aromatic rings. The molecule has 1 aliphatic rings. The monoisotopic (exact) mass is 483 g/mol. The number of sulfone groups is 1. The number of amides is 2. The van der Waals surface area contributed by atoms with E-state index in [9.17, 15) is 26.4 Å². The summed E-state index contributed by atoms with van der Waals surface area (Å²) in [6, 6.07) is 9.73. The molecule has 9 nitrogen and oxygen atoms in total. The van der Waals surface area contributed by atoms with Gasteiger partial charge in [-0.15, -0.1) is 11.8 Å². The average molecular weight is 484 g/mol. The van der Waals surface area contributed by atoms with Crippen LogP contribution in [0.4, 0.5) is 11.4 Å². The van der Waals surface area contributed by atoms with E-state index >= 15 is 0 Å². The van der Waals surface area contributed by atoms with Crippen molar-refractivity contribution in [1.29, 1.82) is 0 Å². The van der Waals surface area contributed by atoms with Crippen molar-refractivity contribution in [3.63, 3.8) is 0 Å². The van der Waals surface area contributed by atoms with Gasteiger partial charge < -0.3 is 10.6 Å². The van der Waals surface area contributed by atoms with E-state index < -0.39 is 31.5 Å². The second-order valence-corrected chi connectivity index (χ2v) is 11.8. The van der Waals surface area contributed by atoms with E-state index in [2.05, 4.69) is 10.6 Å². The fourth-order valence-electron chi connectivity index (χ4n) is 2.77. The molecule has 0 bridgehead atoms. The van der Waals surface area contributed by atoms with Crippen molar-refractivity contribution in [3.05, 3.63) is 42.5 Å². The lowest BCUT2D eigenvalue weighted by Gasteiger charge is -2.10. The van der Waals surface area contributed by atoms with Gasteiger partial charge >= 0.3 is 0 Å². The number of anilines is 2. The summed E-state index contributed by atoms with van der Waals surface area (Å²) in [5.74, 6) is -0.735. The van der Waals surface area contributed by atoms with Crippen LogP contribution < -0.4 is 15.8 Å². The lowest BCUT2D eigenvalue weighted by atomic mass is 10.2. The number of primary sulfonamides is 1. The minimum absolute atomic E-state index is 0.0204. The van der Waals surface area contributed by atoms with Crippen molar-refractivity contribution in [1.82, 2.24) is 0 Å². The minimum atomic E-state index is -3.84. The van der Waals surface area contributed by atoms with Gasteiger partial charge in [0.15, 0.2) is 9.84 Å². The molecule has 0 unspecified atom stereocenters. The molecule has 166 valence electrons. The van der Waals surface area contributed by atoms with Crippen LogP contribution in [0.2, 0.25) is 0 Å². The van der Waals surface area contributed by atoms with Crippen LogP contribution in [-0.2, 0) is 29.4 Å². The molecule has 0 spiro atoms. The van der Waals surface area contributed by atoms with E-state index in [1.165, 1.54) is 48.2 Å². The lowest BCUT2D eigenvalue weighted by Crippen LogP contribution is -2.20. The first kappa shape index (κ1) is 23.3. The van der Waals surface area contributed by atoms with Crippen molar-refractivity contribution in [2.75, 3.05) is 22.1 Å². The van der Waals surface area contributed by atoms with Gasteiger partial charge in [-0.1, -0.05) is 6.92 Å². The summed E-state index contributed by atoms with van der Waals surface area (Å²) in [4.78, 5) is 24.9. The van der Waals surface area contributed by atoms with Crippen molar-refractivity contribution in [2.45, 2.75) is 28.0 Å². The molecule has 2 aromatic carbocycles. The molecule has 0 saturated carbocycles. The molecule has 2 amide bonds. The zero-order valence-corrected chi connectivity index (χ0v) is 18.9. The normalized spacial score (nSPS) is 16.7. The van der Waals surface area contributed by atoms with Crippen LogP contribution >= 0.6 is 11.8 Å². The number of carbonyl (C=O) groups is 2. The SMILES string of the molecule is C[C@@H]1CSc2ccc(S(=O)(=O)CCC(=O)Nc3ccc(S(N)(=O)=O)cc3)cc2NC1=O. The van der Waals surface area contributed by atoms with Crippen LogP contribution in [0.1, 0.15) is 13.3 Å². The van der Waals surface area contributed by atoms with E-state index in [0.717, 1.165) is 4.90 Å². The van der Waals surface area contributed by atoms with E-state index in [1.807, 2.05) is 0 Å². The molecule has 1 aliphatic heterocycles. The summed E-state index contributed by atoms with van der Waals surface area (Å²) in [6.45, 7) is 1.80. The molecule has 0 fully saturated rings. The highest BCUT2D eigenvalue weighted by molar-refractivity contribution is 7.99. The second-order valence-electron chi connectivity index (χ2n) is 7.05. The summed E-state index contributed by atoms with van der Waals surface area (Å²) in [5, 5.41) is 10.3. The fraction of sp³-hybridized carbons (Fsp3) is 0.263. The third-order valence-corrected chi connectivity index (χ3v) is 8.55. The Balaban J connectivity index is 1.65. The van der Waals surface area contributed by atoms with Crippen LogP contribution in [0.3, 0.4) is 0 Å². The Kier molecular flexibility index (Phi) is 6.74. The van der Waals surface area contributed by atoms with Crippen LogP contribution in [0.25, 0.3) is 0 Å². The van der Waals surface area contributed by atoms with Gasteiger partial charge in [-0.05, 0) is 42.5 Å². The Hall–Kier alpha value is -2.41. The van der Waals surface area contributed by atoms with Gasteiger partial charge in [0.25, 0.3) is 0 Å². The van der Waals surface area contributed by atoms with E-state index in [4.69, 9.17) is 5.14 Å². The number of nitrogens with one attached hydrogen (secondary N) is 2. The first-order valence-corrected chi connectivity index (χ1v) is 13.4. The number of sulfonamides is 1. The number of hydrogen-bond donors (Lipinski definition) is 3. The van der Waals surface area contributed by atoms with Gasteiger partial charge in [0.1, 0.15) is 0 Å². The molecule has 0 saturated heterocycles. The highest BCUT2D eigenvalue weighted by atomic mass is 32.2. The Morgan fingerprint density at radius 2 is 1.77 bits per heavy atom. The molecule has 3 rings (SSSR count). The highest BCUT2D eigenvalue weighted by Crippen LogP contribution is 2.34. The second kappa shape index (κ2) is 8.99. The van der Waals surface area contributed by atoms with Gasteiger partial charge in [-0.2, -0.15) is 0 Å². The third kappa shape index (κ3) is 5.85. The largest absolute Gasteiger partial charge is 0.326 e. The standard InChI is InChI=1S/C19H21N3O6S3/c1-12-11-29-17-7-6-15(10-16(17)22-19(12)24)30(25,26)9-8-18(23)21-13-2-4-14(5-3-13)31(20,27)28/h2-7,10,12H,8-9,11H2,1H3,(H,21,23)(H,22,24)(H2,20,27,28)/t12-/m1/s1. The highest BCUT2D eigenvalue weighted by Gasteiger charge is 2.23. The molecule has 4 N–H and O–H groups in total. The molecule has 0 aliphatic carbocycles. The number of nitrogens with two attached hydrogens (primary N) is 1. The predicted octanol–water partition coefficient (Wildman–Crippen LogP) is 1.82. The summed E-state index contributed by atoms with van der Waals surface area (Å²) < 4.78 is 47.9. The third-order valence-electron chi connectivity index (χ3n) is 4.57. The number of benzene rings is 2. The van der Waals surface area contributed by atoms with Gasteiger partial charge in [-0.3, -0.25) is 9.59 Å². The van der Waals surface area contributed by atoms with Gasteiger partial charge in [-0.25, -0.2) is 22.0 Å². The van der Waals surface area contributed by atoms with E-state index in [1.54, 1.807) is 13.0 Å². The van der Waals surface area contributed by atoms with Crippen LogP contribution in [0.15, 0.2) is 57.2 Å². The molecule has 12 heteroatoms. The van der Waals surface area contributed by atoms with Crippen LogP contribution in [0, 0.1) is 5.92 Å². The molecule has 1 atom stereocenters. The number of hydrogen-bond acceptors (Lipinski definition) is 7. The average Bonchev–Trinajstić information content (AvgIpc) is 2.84. The maximum absolute atomic E-state index is 12.7. The van der Waals surface area contributed by atoms with Crippen LogP contribution in [0.5, 0.6) is 0 Å². The zero-order chi connectivity index (χ0) is 22.8. The zero-order valence-electron chi connectivity index (χ0n) is 16.5. The molecule has 31 heavy (non-hydrogen) atoms. The molecule has 1 heterocycles. The Morgan fingerprint density at radius 1 is 1.13 bits per heavy atom. The summed E-state index contributed by atoms with van der Waals surface area (Å²) >= 11 is 1.47. The topological polar surface area (TPSA) is 152 Å². The number of fused-ring (bicyclic) bond motifs is 1. The smallest absolute Gasteiger partial charge is 0.238 e. The van der Waals surface area contributed by atoms with Crippen LogP contribution in [-0.4, -0.2) is 40.2 Å². The van der Waals surface area contributed by atoms with Gasteiger partial charge in [0.2, 0.25) is 21.8 Å². The van der Waals surface area contributed by atoms with E-state index in [-0.39, 0.29) is 28.0 Å². The van der Waals surface area contributed by atoms with Gasteiger partial charge in [0.05, 0.1) is 21.2 Å². The quantitative estimate of drug-likeness (QED) is 0.566. The number of thioether (sulfide) groups is 1. The Bertz CT molecular complexity index is 1230. The van der Waals surface area contributed by atoms with Crippen molar-refractivity contribution in [2.24, 2.45) is 11.1 Å². The number of carbonyl (C=O) groups excluding carboxylic acids is 2. The maximum Gasteiger partial charge on any atom is 0.238 e. The maximum atomic E-state index is 12.7. The van der Waals surface area contributed by atoms with Gasteiger partial charge in [0, 0.05) is 28.7 Å². The Morgan fingerprint density at radius 3 is 2.42 bits per heavy atom. The molecular weight excluding hydrogens is 462 g/mol. The predicted molar refractivity (Wildman–Crippen MR) is 118 cm³/mol. The van der Waals surface area contributed by atoms with Crippen molar-refractivity contribution < 1.29 is 26.4 Å². The summed E-state index contributed by atoms with van der Waals surface area (Å²) in [7, 11) is -7.61. The minimum Gasteiger partial charge on any atom is -0.326 e. The van der Waals surface area contributed by atoms with Crippen molar-refractivity contribution in [3.8, 4) is 0 Å². The first-order chi connectivity index (χ1) is 14.5. The molecule has 0 radical (unpaired) electrons. The lowest BCUT2D eigenvalue weighted by molar-refractivity contribution is -0.118. The first-order valence-electron chi connectivity index (χ1n) is 9.19. The van der Waals surface area contributed by atoms with Crippen molar-refractivity contribution >= 4 is 54.8 Å². The van der Waals surface area contributed by atoms with E-state index in [0.29, 0.717) is 17.1 Å². The fourth-order valence-corrected chi connectivity index (χ4v) is 5.56.